The van der Waals surface area contributed by atoms with Crippen molar-refractivity contribution in [2.75, 3.05) is 36.8 Å². The van der Waals surface area contributed by atoms with Crippen molar-refractivity contribution in [1.82, 2.24) is 20.6 Å². The molecule has 0 saturated heterocycles. The first-order chi connectivity index (χ1) is 16.0. The highest BCUT2D eigenvalue weighted by Crippen LogP contribution is 2.24. The van der Waals surface area contributed by atoms with E-state index in [1.807, 2.05) is 67.6 Å². The standard InChI is InChI=1S/C25H30N6O2/c1-18-23(28-15-13-26-19(2)32)30-25(21-11-7-4-8-12-21)31-24(18)29-16-14-27-22(33)17-20-9-5-3-6-10-20/h3-12H,13-17H2,1-2H3,(H,26,32)(H,27,33)(H2,28,29,30,31). The zero-order chi connectivity index (χ0) is 23.5. The van der Waals surface area contributed by atoms with Gasteiger partial charge in [0, 0.05) is 44.2 Å². The van der Waals surface area contributed by atoms with E-state index in [0.29, 0.717) is 50.1 Å². The monoisotopic (exact) mass is 446 g/mol. The summed E-state index contributed by atoms with van der Waals surface area (Å²) in [6.45, 7) is 5.46. The van der Waals surface area contributed by atoms with Crippen molar-refractivity contribution in [2.24, 2.45) is 0 Å². The smallest absolute Gasteiger partial charge is 0.224 e. The zero-order valence-electron chi connectivity index (χ0n) is 19.0. The Hall–Kier alpha value is -3.94. The van der Waals surface area contributed by atoms with Crippen LogP contribution in [0.3, 0.4) is 0 Å². The Morgan fingerprint density at radius 3 is 1.88 bits per heavy atom. The number of aromatic nitrogens is 2. The Kier molecular flexibility index (Phi) is 8.76. The van der Waals surface area contributed by atoms with Crippen LogP contribution < -0.4 is 21.3 Å². The van der Waals surface area contributed by atoms with E-state index in [-0.39, 0.29) is 11.8 Å². The van der Waals surface area contributed by atoms with Gasteiger partial charge in [0.25, 0.3) is 0 Å². The van der Waals surface area contributed by atoms with Crippen LogP contribution in [0, 0.1) is 6.92 Å². The van der Waals surface area contributed by atoms with Gasteiger partial charge in [-0.2, -0.15) is 0 Å². The second-order valence-electron chi connectivity index (χ2n) is 7.58. The summed E-state index contributed by atoms with van der Waals surface area (Å²) in [6, 6.07) is 19.4. The molecule has 8 heteroatoms. The van der Waals surface area contributed by atoms with Crippen LogP contribution in [0.15, 0.2) is 60.7 Å². The van der Waals surface area contributed by atoms with E-state index < -0.39 is 0 Å². The van der Waals surface area contributed by atoms with Crippen LogP contribution in [0.5, 0.6) is 0 Å². The molecule has 1 heterocycles. The maximum Gasteiger partial charge on any atom is 0.224 e. The average Bonchev–Trinajstić information content (AvgIpc) is 2.82. The topological polar surface area (TPSA) is 108 Å². The zero-order valence-corrected chi connectivity index (χ0v) is 19.0. The normalized spacial score (nSPS) is 10.4. The Labute approximate surface area is 194 Å². The van der Waals surface area contributed by atoms with Gasteiger partial charge in [-0.25, -0.2) is 9.97 Å². The Bertz CT molecular complexity index is 1060. The van der Waals surface area contributed by atoms with Gasteiger partial charge in [0.2, 0.25) is 11.8 Å². The van der Waals surface area contributed by atoms with E-state index in [2.05, 4.69) is 26.3 Å². The molecule has 2 amide bonds. The molecule has 0 radical (unpaired) electrons. The predicted molar refractivity (Wildman–Crippen MR) is 131 cm³/mol. The summed E-state index contributed by atoms with van der Waals surface area (Å²) in [5, 5.41) is 12.3. The Balaban J connectivity index is 1.63. The molecule has 3 aromatic rings. The van der Waals surface area contributed by atoms with Crippen LogP contribution in [0.1, 0.15) is 18.1 Å². The molecule has 0 fully saturated rings. The quantitative estimate of drug-likeness (QED) is 0.337. The lowest BCUT2D eigenvalue weighted by atomic mass is 10.1. The van der Waals surface area contributed by atoms with Crippen LogP contribution >= 0.6 is 0 Å². The van der Waals surface area contributed by atoms with Crippen molar-refractivity contribution in [3.05, 3.63) is 71.8 Å². The lowest BCUT2D eigenvalue weighted by molar-refractivity contribution is -0.120. The summed E-state index contributed by atoms with van der Waals surface area (Å²) in [7, 11) is 0. The molecule has 0 atom stereocenters. The number of nitrogens with zero attached hydrogens (tertiary/aromatic N) is 2. The van der Waals surface area contributed by atoms with Gasteiger partial charge in [-0.15, -0.1) is 0 Å². The lowest BCUT2D eigenvalue weighted by Crippen LogP contribution is -2.30. The molecule has 172 valence electrons. The number of rotatable bonds is 11. The highest BCUT2D eigenvalue weighted by Gasteiger charge is 2.12. The third-order valence-electron chi connectivity index (χ3n) is 4.92. The van der Waals surface area contributed by atoms with Crippen LogP contribution in [0.25, 0.3) is 11.4 Å². The number of amides is 2. The van der Waals surface area contributed by atoms with Crippen LogP contribution in [0.2, 0.25) is 0 Å². The highest BCUT2D eigenvalue weighted by atomic mass is 16.2. The molecule has 8 nitrogen and oxygen atoms in total. The molecule has 0 aliphatic carbocycles. The number of nitrogens with one attached hydrogen (secondary N) is 4. The molecule has 0 bridgehead atoms. The van der Waals surface area contributed by atoms with E-state index in [1.165, 1.54) is 6.92 Å². The van der Waals surface area contributed by atoms with Crippen LogP contribution in [0.4, 0.5) is 11.6 Å². The fraction of sp³-hybridized carbons (Fsp3) is 0.280. The minimum Gasteiger partial charge on any atom is -0.368 e. The van der Waals surface area contributed by atoms with Crippen molar-refractivity contribution in [2.45, 2.75) is 20.3 Å². The summed E-state index contributed by atoms with van der Waals surface area (Å²) < 4.78 is 0. The molecule has 0 aliphatic heterocycles. The molecular weight excluding hydrogens is 416 g/mol. The van der Waals surface area contributed by atoms with Crippen LogP contribution in [-0.2, 0) is 16.0 Å². The largest absolute Gasteiger partial charge is 0.368 e. The van der Waals surface area contributed by atoms with Gasteiger partial charge in [0.05, 0.1) is 6.42 Å². The summed E-state index contributed by atoms with van der Waals surface area (Å²) in [4.78, 5) is 32.7. The first-order valence-corrected chi connectivity index (χ1v) is 11.0. The van der Waals surface area contributed by atoms with Crippen molar-refractivity contribution < 1.29 is 9.59 Å². The highest BCUT2D eigenvalue weighted by molar-refractivity contribution is 5.78. The number of carbonyl (C=O) groups excluding carboxylic acids is 2. The minimum absolute atomic E-state index is 0.0206. The summed E-state index contributed by atoms with van der Waals surface area (Å²) in [5.74, 6) is 1.90. The van der Waals surface area contributed by atoms with Gasteiger partial charge >= 0.3 is 0 Å². The molecule has 2 aromatic carbocycles. The van der Waals surface area contributed by atoms with E-state index in [1.54, 1.807) is 0 Å². The number of anilines is 2. The Morgan fingerprint density at radius 2 is 1.30 bits per heavy atom. The van der Waals surface area contributed by atoms with Gasteiger partial charge in [0.15, 0.2) is 5.82 Å². The molecule has 1 aromatic heterocycles. The van der Waals surface area contributed by atoms with E-state index in [4.69, 9.17) is 4.98 Å². The van der Waals surface area contributed by atoms with Gasteiger partial charge in [-0.05, 0) is 12.5 Å². The SMILES string of the molecule is CC(=O)NCCNc1nc(-c2ccccc2)nc(NCCNC(=O)Cc2ccccc2)c1C. The summed E-state index contributed by atoms with van der Waals surface area (Å²) in [5.41, 5.74) is 2.76. The number of benzene rings is 2. The molecule has 4 N–H and O–H groups in total. The van der Waals surface area contributed by atoms with Crippen LogP contribution in [-0.4, -0.2) is 48.0 Å². The third kappa shape index (κ3) is 7.60. The second kappa shape index (κ2) is 12.2. The first-order valence-electron chi connectivity index (χ1n) is 11.0. The molecule has 0 spiro atoms. The van der Waals surface area contributed by atoms with E-state index >= 15 is 0 Å². The molecule has 3 rings (SSSR count). The van der Waals surface area contributed by atoms with Gasteiger partial charge < -0.3 is 21.3 Å². The second-order valence-corrected chi connectivity index (χ2v) is 7.58. The molecule has 0 aliphatic rings. The molecule has 33 heavy (non-hydrogen) atoms. The average molecular weight is 447 g/mol. The summed E-state index contributed by atoms with van der Waals surface area (Å²) >= 11 is 0. The van der Waals surface area contributed by atoms with Crippen molar-refractivity contribution in [3.8, 4) is 11.4 Å². The van der Waals surface area contributed by atoms with Crippen molar-refractivity contribution in [1.29, 1.82) is 0 Å². The number of hydrogen-bond donors (Lipinski definition) is 4. The fourth-order valence-corrected chi connectivity index (χ4v) is 3.22. The van der Waals surface area contributed by atoms with Gasteiger partial charge in [-0.1, -0.05) is 60.7 Å². The van der Waals surface area contributed by atoms with Crippen molar-refractivity contribution >= 4 is 23.5 Å². The molecule has 0 saturated carbocycles. The maximum absolute atomic E-state index is 12.2. The molecule has 0 unspecified atom stereocenters. The van der Waals surface area contributed by atoms with Crippen molar-refractivity contribution in [3.63, 3.8) is 0 Å². The lowest BCUT2D eigenvalue weighted by Gasteiger charge is -2.16. The van der Waals surface area contributed by atoms with Gasteiger partial charge in [0.1, 0.15) is 11.6 Å². The third-order valence-corrected chi connectivity index (χ3v) is 4.92. The molecular formula is C25H30N6O2. The first kappa shape index (κ1) is 23.7. The summed E-state index contributed by atoms with van der Waals surface area (Å²) in [6.07, 6.45) is 0.355. The number of hydrogen-bond acceptors (Lipinski definition) is 6. The minimum atomic E-state index is -0.0714. The Morgan fingerprint density at radius 1 is 0.758 bits per heavy atom. The van der Waals surface area contributed by atoms with Gasteiger partial charge in [-0.3, -0.25) is 9.59 Å². The number of carbonyl (C=O) groups is 2. The van der Waals surface area contributed by atoms with E-state index in [9.17, 15) is 9.59 Å². The maximum atomic E-state index is 12.2. The fourth-order valence-electron chi connectivity index (χ4n) is 3.22. The van der Waals surface area contributed by atoms with E-state index in [0.717, 1.165) is 16.7 Å². The predicted octanol–water partition coefficient (Wildman–Crippen LogP) is 2.77.